The maximum absolute atomic E-state index is 3.50. The van der Waals surface area contributed by atoms with Gasteiger partial charge in [0, 0.05) is 6.54 Å². The molecule has 0 heterocycles. The molecule has 0 radical (unpaired) electrons. The largest absolute Gasteiger partial charge is 0.313 e. The zero-order valence-corrected chi connectivity index (χ0v) is 12.9. The van der Waals surface area contributed by atoms with Crippen LogP contribution in [0.15, 0.2) is 66.7 Å². The number of benzene rings is 2. The van der Waals surface area contributed by atoms with E-state index in [0.29, 0.717) is 0 Å². The highest BCUT2D eigenvalue weighted by atomic mass is 14.8. The van der Waals surface area contributed by atoms with Gasteiger partial charge in [-0.1, -0.05) is 80.1 Å². The van der Waals surface area contributed by atoms with E-state index in [4.69, 9.17) is 0 Å². The predicted molar refractivity (Wildman–Crippen MR) is 92.3 cm³/mol. The SMILES string of the molecule is CCCCNCC=C(Cc1ccccc1)c1ccccc1. The quantitative estimate of drug-likeness (QED) is 0.690. The Labute approximate surface area is 128 Å². The van der Waals surface area contributed by atoms with Gasteiger partial charge in [-0.3, -0.25) is 0 Å². The Morgan fingerprint density at radius 2 is 1.62 bits per heavy atom. The summed E-state index contributed by atoms with van der Waals surface area (Å²) < 4.78 is 0. The number of allylic oxidation sites excluding steroid dienone is 1. The van der Waals surface area contributed by atoms with E-state index in [9.17, 15) is 0 Å². The van der Waals surface area contributed by atoms with E-state index < -0.39 is 0 Å². The smallest absolute Gasteiger partial charge is 0.0140 e. The van der Waals surface area contributed by atoms with Crippen molar-refractivity contribution in [2.45, 2.75) is 26.2 Å². The van der Waals surface area contributed by atoms with Gasteiger partial charge in [0.2, 0.25) is 0 Å². The normalized spacial score (nSPS) is 11.6. The molecule has 0 aliphatic carbocycles. The number of unbranched alkanes of at least 4 members (excludes halogenated alkanes) is 1. The Balaban J connectivity index is 2.05. The van der Waals surface area contributed by atoms with E-state index in [-0.39, 0.29) is 0 Å². The first-order valence-electron chi connectivity index (χ1n) is 7.89. The first kappa shape index (κ1) is 15.5. The lowest BCUT2D eigenvalue weighted by molar-refractivity contribution is 0.681. The first-order chi connectivity index (χ1) is 10.4. The molecule has 0 amide bonds. The van der Waals surface area contributed by atoms with E-state index >= 15 is 0 Å². The topological polar surface area (TPSA) is 12.0 Å². The van der Waals surface area contributed by atoms with Crippen LogP contribution in [0.25, 0.3) is 5.57 Å². The molecule has 0 fully saturated rings. The van der Waals surface area contributed by atoms with Gasteiger partial charge >= 0.3 is 0 Å². The van der Waals surface area contributed by atoms with Gasteiger partial charge in [0.1, 0.15) is 0 Å². The van der Waals surface area contributed by atoms with Crippen molar-refractivity contribution in [3.8, 4) is 0 Å². The van der Waals surface area contributed by atoms with Crippen molar-refractivity contribution in [3.05, 3.63) is 77.9 Å². The molecule has 1 N–H and O–H groups in total. The van der Waals surface area contributed by atoms with Gasteiger partial charge in [0.05, 0.1) is 0 Å². The first-order valence-corrected chi connectivity index (χ1v) is 7.89. The molecule has 21 heavy (non-hydrogen) atoms. The van der Waals surface area contributed by atoms with E-state index in [2.05, 4.69) is 79.0 Å². The van der Waals surface area contributed by atoms with E-state index in [1.54, 1.807) is 0 Å². The van der Waals surface area contributed by atoms with Gasteiger partial charge in [-0.25, -0.2) is 0 Å². The predicted octanol–water partition coefficient (Wildman–Crippen LogP) is 4.70. The molecule has 1 nitrogen and oxygen atoms in total. The van der Waals surface area contributed by atoms with Gasteiger partial charge in [0.15, 0.2) is 0 Å². The zero-order chi connectivity index (χ0) is 14.8. The van der Waals surface area contributed by atoms with Gasteiger partial charge < -0.3 is 5.32 Å². The minimum atomic E-state index is 0.942. The molecule has 2 aromatic rings. The molecule has 0 spiro atoms. The second-order valence-corrected chi connectivity index (χ2v) is 5.32. The monoisotopic (exact) mass is 279 g/mol. The molecule has 0 saturated heterocycles. The van der Waals surface area contributed by atoms with Crippen molar-refractivity contribution in [1.29, 1.82) is 0 Å². The third kappa shape index (κ3) is 5.57. The Bertz CT molecular complexity index is 528. The Kier molecular flexibility index (Phi) is 6.76. The summed E-state index contributed by atoms with van der Waals surface area (Å²) in [7, 11) is 0. The van der Waals surface area contributed by atoms with Crippen molar-refractivity contribution >= 4 is 5.57 Å². The summed E-state index contributed by atoms with van der Waals surface area (Å²) in [5, 5.41) is 3.50. The van der Waals surface area contributed by atoms with Crippen LogP contribution in [0.3, 0.4) is 0 Å². The minimum absolute atomic E-state index is 0.942. The summed E-state index contributed by atoms with van der Waals surface area (Å²) in [6.45, 7) is 4.26. The number of rotatable bonds is 8. The second-order valence-electron chi connectivity index (χ2n) is 5.32. The van der Waals surface area contributed by atoms with Crippen LogP contribution in [0.4, 0.5) is 0 Å². The third-order valence-corrected chi connectivity index (χ3v) is 3.58. The zero-order valence-electron chi connectivity index (χ0n) is 12.9. The summed E-state index contributed by atoms with van der Waals surface area (Å²) in [5.41, 5.74) is 4.07. The summed E-state index contributed by atoms with van der Waals surface area (Å²) >= 11 is 0. The lowest BCUT2D eigenvalue weighted by atomic mass is 9.98. The van der Waals surface area contributed by atoms with Crippen LogP contribution in [-0.2, 0) is 6.42 Å². The van der Waals surface area contributed by atoms with Crippen LogP contribution in [0.2, 0.25) is 0 Å². The van der Waals surface area contributed by atoms with Gasteiger partial charge in [-0.15, -0.1) is 0 Å². The van der Waals surface area contributed by atoms with Crippen molar-refractivity contribution in [2.24, 2.45) is 0 Å². The molecule has 0 unspecified atom stereocenters. The summed E-state index contributed by atoms with van der Waals surface area (Å²) in [6, 6.07) is 21.4. The average Bonchev–Trinajstić information content (AvgIpc) is 2.55. The summed E-state index contributed by atoms with van der Waals surface area (Å²) in [4.78, 5) is 0. The molecule has 0 atom stereocenters. The van der Waals surface area contributed by atoms with Gasteiger partial charge in [-0.05, 0) is 36.1 Å². The molecule has 110 valence electrons. The summed E-state index contributed by atoms with van der Waals surface area (Å²) in [6.07, 6.45) is 5.80. The maximum Gasteiger partial charge on any atom is 0.0140 e. The van der Waals surface area contributed by atoms with Crippen LogP contribution in [0.5, 0.6) is 0 Å². The Hall–Kier alpha value is -1.86. The standard InChI is InChI=1S/C20H25N/c1-2-3-15-21-16-14-20(19-12-8-5-9-13-19)17-18-10-6-4-7-11-18/h4-14,21H,2-3,15-17H2,1H3. The fourth-order valence-electron chi connectivity index (χ4n) is 2.36. The molecule has 0 bridgehead atoms. The molecule has 1 heteroatoms. The average molecular weight is 279 g/mol. The lowest BCUT2D eigenvalue weighted by Gasteiger charge is -2.09. The molecule has 2 rings (SSSR count). The lowest BCUT2D eigenvalue weighted by Crippen LogP contribution is -2.15. The van der Waals surface area contributed by atoms with Crippen LogP contribution in [0.1, 0.15) is 30.9 Å². The third-order valence-electron chi connectivity index (χ3n) is 3.58. The molecule has 0 saturated carbocycles. The fourth-order valence-corrected chi connectivity index (χ4v) is 2.36. The van der Waals surface area contributed by atoms with Crippen molar-refractivity contribution in [1.82, 2.24) is 5.32 Å². The second kappa shape index (κ2) is 9.15. The molecular weight excluding hydrogens is 254 g/mol. The van der Waals surface area contributed by atoms with Crippen molar-refractivity contribution in [3.63, 3.8) is 0 Å². The number of nitrogens with one attached hydrogen (secondary N) is 1. The minimum Gasteiger partial charge on any atom is -0.313 e. The Morgan fingerprint density at radius 3 is 2.29 bits per heavy atom. The highest BCUT2D eigenvalue weighted by molar-refractivity contribution is 5.67. The molecule has 0 aliphatic rings. The van der Waals surface area contributed by atoms with Crippen LogP contribution < -0.4 is 5.32 Å². The molecular formula is C20H25N. The highest BCUT2D eigenvalue weighted by Crippen LogP contribution is 2.19. The van der Waals surface area contributed by atoms with E-state index in [0.717, 1.165) is 19.5 Å². The summed E-state index contributed by atoms with van der Waals surface area (Å²) in [5.74, 6) is 0. The fraction of sp³-hybridized carbons (Fsp3) is 0.300. The van der Waals surface area contributed by atoms with Crippen LogP contribution in [0, 0.1) is 0 Å². The molecule has 2 aromatic carbocycles. The Morgan fingerprint density at radius 1 is 0.952 bits per heavy atom. The van der Waals surface area contributed by atoms with Crippen LogP contribution in [-0.4, -0.2) is 13.1 Å². The van der Waals surface area contributed by atoms with Crippen molar-refractivity contribution < 1.29 is 0 Å². The number of hydrogen-bond acceptors (Lipinski definition) is 1. The maximum atomic E-state index is 3.50. The molecule has 0 aromatic heterocycles. The highest BCUT2D eigenvalue weighted by Gasteiger charge is 2.02. The van der Waals surface area contributed by atoms with Crippen molar-refractivity contribution in [2.75, 3.05) is 13.1 Å². The van der Waals surface area contributed by atoms with Gasteiger partial charge in [-0.2, -0.15) is 0 Å². The van der Waals surface area contributed by atoms with Crippen LogP contribution >= 0.6 is 0 Å². The van der Waals surface area contributed by atoms with E-state index in [1.165, 1.54) is 29.5 Å². The van der Waals surface area contributed by atoms with E-state index in [1.807, 2.05) is 0 Å². The number of hydrogen-bond donors (Lipinski definition) is 1. The molecule has 0 aliphatic heterocycles. The van der Waals surface area contributed by atoms with Gasteiger partial charge in [0.25, 0.3) is 0 Å².